The minimum absolute atomic E-state index is 0.243. The molecule has 6 heteroatoms. The van der Waals surface area contributed by atoms with Gasteiger partial charge in [0.1, 0.15) is 11.4 Å². The van der Waals surface area contributed by atoms with Crippen molar-refractivity contribution in [2.45, 2.75) is 57.8 Å². The molecule has 4 N–H and O–H groups in total. The van der Waals surface area contributed by atoms with Crippen LogP contribution in [0.1, 0.15) is 52.0 Å². The van der Waals surface area contributed by atoms with Crippen LogP contribution in [0.5, 0.6) is 5.75 Å². The van der Waals surface area contributed by atoms with Gasteiger partial charge < -0.3 is 16.2 Å². The Labute approximate surface area is 184 Å². The minimum Gasteiger partial charge on any atom is -0.487 e. The molecule has 2 heterocycles. The number of benzene rings is 2. The van der Waals surface area contributed by atoms with Crippen LogP contribution in [0.15, 0.2) is 47.5 Å². The largest absolute Gasteiger partial charge is 0.487 e. The zero-order valence-corrected chi connectivity index (χ0v) is 18.8. The highest BCUT2D eigenvalue weighted by atomic mass is 16.7. The summed E-state index contributed by atoms with van der Waals surface area (Å²) in [5.74, 6) is 1.82. The number of rotatable bonds is 1. The third-order valence-electron chi connectivity index (χ3n) is 7.21. The van der Waals surface area contributed by atoms with Crippen LogP contribution in [-0.4, -0.2) is 23.7 Å². The first-order chi connectivity index (χ1) is 14.6. The molecule has 0 bridgehead atoms. The smallest absolute Gasteiger partial charge is 0.222 e. The van der Waals surface area contributed by atoms with Crippen LogP contribution in [0, 0.1) is 11.3 Å². The molecule has 5 rings (SSSR count). The van der Waals surface area contributed by atoms with E-state index in [2.05, 4.69) is 39.0 Å². The number of ether oxygens (including phenoxy) is 1. The maximum Gasteiger partial charge on any atom is 0.222 e. The molecule has 6 nitrogen and oxygen atoms in total. The molecular weight excluding hydrogens is 388 g/mol. The van der Waals surface area contributed by atoms with Crippen LogP contribution >= 0.6 is 0 Å². The van der Waals surface area contributed by atoms with Gasteiger partial charge in [-0.3, -0.25) is 0 Å². The van der Waals surface area contributed by atoms with E-state index < -0.39 is 5.72 Å². The first-order valence-electron chi connectivity index (χ1n) is 11.1. The molecule has 0 amide bonds. The van der Waals surface area contributed by atoms with Crippen LogP contribution in [0.25, 0.3) is 11.1 Å². The molecule has 1 aliphatic carbocycles. The number of hydrogen-bond acceptors (Lipinski definition) is 6. The molecular formula is C25H32N4O2. The van der Waals surface area contributed by atoms with Crippen molar-refractivity contribution in [1.82, 2.24) is 5.06 Å². The van der Waals surface area contributed by atoms with Crippen LogP contribution < -0.4 is 16.2 Å². The topological polar surface area (TPSA) is 86.1 Å². The maximum absolute atomic E-state index is 6.74. The minimum atomic E-state index is -0.866. The summed E-state index contributed by atoms with van der Waals surface area (Å²) in [5, 5.41) is 1.58. The van der Waals surface area contributed by atoms with Crippen LogP contribution in [-0.2, 0) is 10.6 Å². The molecule has 164 valence electrons. The number of hydrogen-bond donors (Lipinski definition) is 2. The third-order valence-corrected chi connectivity index (χ3v) is 7.21. The number of nitrogens with zero attached hydrogens (tertiary/aromatic N) is 2. The van der Waals surface area contributed by atoms with Gasteiger partial charge in [-0.15, -0.1) is 0 Å². The van der Waals surface area contributed by atoms with Gasteiger partial charge in [-0.1, -0.05) is 39.0 Å². The summed E-state index contributed by atoms with van der Waals surface area (Å²) < 4.78 is 6.74. The normalized spacial score (nSPS) is 29.9. The summed E-state index contributed by atoms with van der Waals surface area (Å²) in [6.45, 7) is 6.95. The summed E-state index contributed by atoms with van der Waals surface area (Å²) in [4.78, 5) is 11.2. The average molecular weight is 421 g/mol. The standard InChI is InChI=1S/C25H32N4O2/c1-23(2,3)18-10-11-24(14-18)15-25(28-22(27)29(4)31-25)20-13-17(8-9-21(20)30-24)16-6-5-7-19(26)12-16/h5-9,12-13,18H,10-11,14-15,26H2,1-4H3,(H2,27,28). The molecule has 0 aromatic heterocycles. The monoisotopic (exact) mass is 420 g/mol. The van der Waals surface area contributed by atoms with E-state index >= 15 is 0 Å². The van der Waals surface area contributed by atoms with E-state index in [0.717, 1.165) is 47.4 Å². The quantitative estimate of drug-likeness (QED) is 0.656. The van der Waals surface area contributed by atoms with Crippen LogP contribution in [0.3, 0.4) is 0 Å². The Kier molecular flexibility index (Phi) is 4.32. The third kappa shape index (κ3) is 3.33. The maximum atomic E-state index is 6.74. The van der Waals surface area contributed by atoms with E-state index in [1.54, 1.807) is 5.06 Å². The molecule has 2 aromatic rings. The number of guanidine groups is 1. The highest BCUT2D eigenvalue weighted by Gasteiger charge is 2.57. The van der Waals surface area contributed by atoms with Crippen molar-refractivity contribution >= 4 is 11.6 Å². The van der Waals surface area contributed by atoms with E-state index in [1.807, 2.05) is 31.3 Å². The van der Waals surface area contributed by atoms with Gasteiger partial charge in [-0.2, -0.15) is 0 Å². The lowest BCUT2D eigenvalue weighted by molar-refractivity contribution is -0.204. The Morgan fingerprint density at radius 1 is 1.10 bits per heavy atom. The SMILES string of the molecule is CN1OC2(CC3(CCC(C(C)(C)C)C3)Oc3ccc(-c4cccc(N)c4)cc32)N=C1N. The number of aliphatic imine (C=N–C) groups is 1. The average Bonchev–Trinajstić information content (AvgIpc) is 3.22. The Bertz CT molecular complexity index is 1060. The Morgan fingerprint density at radius 2 is 1.87 bits per heavy atom. The Morgan fingerprint density at radius 3 is 2.52 bits per heavy atom. The predicted octanol–water partition coefficient (Wildman–Crippen LogP) is 4.65. The van der Waals surface area contributed by atoms with Crippen molar-refractivity contribution in [3.8, 4) is 16.9 Å². The van der Waals surface area contributed by atoms with Crippen molar-refractivity contribution in [2.24, 2.45) is 22.1 Å². The summed E-state index contributed by atoms with van der Waals surface area (Å²) in [6.07, 6.45) is 3.79. The fourth-order valence-electron chi connectivity index (χ4n) is 5.44. The summed E-state index contributed by atoms with van der Waals surface area (Å²) in [5.41, 5.74) is 15.0. The summed E-state index contributed by atoms with van der Waals surface area (Å²) >= 11 is 0. The van der Waals surface area contributed by atoms with Gasteiger partial charge in [-0.05, 0) is 66.0 Å². The van der Waals surface area contributed by atoms with Gasteiger partial charge >= 0.3 is 0 Å². The number of anilines is 1. The van der Waals surface area contributed by atoms with Crippen molar-refractivity contribution in [2.75, 3.05) is 12.8 Å². The van der Waals surface area contributed by atoms with Gasteiger partial charge in [0.2, 0.25) is 11.7 Å². The Balaban J connectivity index is 1.60. The lowest BCUT2D eigenvalue weighted by Crippen LogP contribution is -2.47. The zero-order chi connectivity index (χ0) is 22.0. The fraction of sp³-hybridized carbons (Fsp3) is 0.480. The first-order valence-corrected chi connectivity index (χ1v) is 11.1. The summed E-state index contributed by atoms with van der Waals surface area (Å²) in [6, 6.07) is 14.1. The van der Waals surface area contributed by atoms with Crippen molar-refractivity contribution in [3.63, 3.8) is 0 Å². The van der Waals surface area contributed by atoms with E-state index in [0.29, 0.717) is 18.3 Å². The molecule has 3 unspecified atom stereocenters. The number of fused-ring (bicyclic) bond motifs is 2. The fourth-order valence-corrected chi connectivity index (χ4v) is 5.44. The highest BCUT2D eigenvalue weighted by molar-refractivity contribution is 5.79. The molecule has 0 radical (unpaired) electrons. The van der Waals surface area contributed by atoms with Crippen molar-refractivity contribution in [3.05, 3.63) is 48.0 Å². The molecule has 0 saturated heterocycles. The summed E-state index contributed by atoms with van der Waals surface area (Å²) in [7, 11) is 1.81. The van der Waals surface area contributed by atoms with Crippen molar-refractivity contribution < 1.29 is 9.57 Å². The molecule has 3 aliphatic rings. The first kappa shape index (κ1) is 20.2. The van der Waals surface area contributed by atoms with Crippen LogP contribution in [0.4, 0.5) is 5.69 Å². The van der Waals surface area contributed by atoms with Gasteiger partial charge in [-0.25, -0.2) is 14.9 Å². The second-order valence-electron chi connectivity index (χ2n) is 10.4. The molecule has 3 atom stereocenters. The number of hydroxylamine groups is 2. The molecule has 31 heavy (non-hydrogen) atoms. The predicted molar refractivity (Wildman–Crippen MR) is 123 cm³/mol. The van der Waals surface area contributed by atoms with E-state index in [1.165, 1.54) is 0 Å². The molecule has 1 saturated carbocycles. The van der Waals surface area contributed by atoms with Crippen LogP contribution in [0.2, 0.25) is 0 Å². The van der Waals surface area contributed by atoms with Crippen molar-refractivity contribution in [1.29, 1.82) is 0 Å². The van der Waals surface area contributed by atoms with Gasteiger partial charge in [0.25, 0.3) is 0 Å². The Hall–Kier alpha value is -2.73. The van der Waals surface area contributed by atoms with Gasteiger partial charge in [0.05, 0.1) is 5.56 Å². The molecule has 1 fully saturated rings. The molecule has 2 spiro atoms. The second-order valence-corrected chi connectivity index (χ2v) is 10.4. The van der Waals surface area contributed by atoms with E-state index in [9.17, 15) is 0 Å². The van der Waals surface area contributed by atoms with E-state index in [4.69, 9.17) is 26.0 Å². The second kappa shape index (κ2) is 6.63. The lowest BCUT2D eigenvalue weighted by Gasteiger charge is -2.44. The lowest BCUT2D eigenvalue weighted by atomic mass is 9.77. The highest BCUT2D eigenvalue weighted by Crippen LogP contribution is 2.57. The van der Waals surface area contributed by atoms with E-state index in [-0.39, 0.29) is 11.0 Å². The molecule has 2 aromatic carbocycles. The number of nitrogen functional groups attached to an aromatic ring is 1. The van der Waals surface area contributed by atoms with Gasteiger partial charge in [0.15, 0.2) is 0 Å². The number of nitrogens with two attached hydrogens (primary N) is 2. The zero-order valence-electron chi connectivity index (χ0n) is 18.8. The molecule has 2 aliphatic heterocycles. The van der Waals surface area contributed by atoms with Gasteiger partial charge in [0, 0.05) is 19.2 Å².